The summed E-state index contributed by atoms with van der Waals surface area (Å²) in [7, 11) is 1.56. The summed E-state index contributed by atoms with van der Waals surface area (Å²) < 4.78 is 6.39. The van der Waals surface area contributed by atoms with Crippen LogP contribution in [-0.2, 0) is 0 Å². The van der Waals surface area contributed by atoms with E-state index in [-0.39, 0.29) is 23.1 Å². The van der Waals surface area contributed by atoms with Gasteiger partial charge in [0.2, 0.25) is 0 Å². The van der Waals surface area contributed by atoms with Crippen LogP contribution < -0.4 is 20.5 Å². The van der Waals surface area contributed by atoms with E-state index >= 15 is 0 Å². The predicted molar refractivity (Wildman–Crippen MR) is 130 cm³/mol. The Morgan fingerprint density at radius 3 is 2.68 bits per heavy atom. The van der Waals surface area contributed by atoms with Gasteiger partial charge in [-0.15, -0.1) is 0 Å². The van der Waals surface area contributed by atoms with Gasteiger partial charge in [0.05, 0.1) is 23.8 Å². The summed E-state index contributed by atoms with van der Waals surface area (Å²) in [4.78, 5) is 26.7. The van der Waals surface area contributed by atoms with Crippen LogP contribution in [0.2, 0.25) is 0 Å². The Balaban J connectivity index is 1.93. The third kappa shape index (κ3) is 4.72. The van der Waals surface area contributed by atoms with Crippen molar-refractivity contribution < 1.29 is 14.8 Å². The van der Waals surface area contributed by atoms with Gasteiger partial charge >= 0.3 is 0 Å². The fourth-order valence-corrected chi connectivity index (χ4v) is 4.00. The summed E-state index contributed by atoms with van der Waals surface area (Å²) in [5.41, 5.74) is 1.43. The minimum Gasteiger partial charge on any atom is -0.497 e. The third-order valence-corrected chi connectivity index (χ3v) is 5.63. The quantitative estimate of drug-likeness (QED) is 0.403. The number of benzene rings is 2. The smallest absolute Gasteiger partial charge is 0.295 e. The van der Waals surface area contributed by atoms with Gasteiger partial charge < -0.3 is 20.1 Å². The van der Waals surface area contributed by atoms with Crippen molar-refractivity contribution >= 4 is 17.1 Å². The summed E-state index contributed by atoms with van der Waals surface area (Å²) in [6, 6.07) is 13.4. The number of nitrogens with one attached hydrogen (secondary N) is 1. The van der Waals surface area contributed by atoms with E-state index in [4.69, 9.17) is 4.74 Å². The van der Waals surface area contributed by atoms with Crippen LogP contribution in [-0.4, -0.2) is 52.2 Å². The maximum absolute atomic E-state index is 13.4. The second-order valence-electron chi connectivity index (χ2n) is 8.51. The highest BCUT2D eigenvalue weighted by Gasteiger charge is 2.25. The van der Waals surface area contributed by atoms with E-state index in [9.17, 15) is 20.0 Å². The molecule has 10 heteroatoms. The molecule has 2 heterocycles. The average molecular weight is 466 g/mol. The number of nitrogens with zero attached hydrogens (tertiary/aromatic N) is 4. The van der Waals surface area contributed by atoms with Gasteiger partial charge in [-0.05, 0) is 50.6 Å². The van der Waals surface area contributed by atoms with Crippen molar-refractivity contribution in [1.82, 2.24) is 9.78 Å². The third-order valence-electron chi connectivity index (χ3n) is 5.63. The first-order valence-corrected chi connectivity index (χ1v) is 11.0. The van der Waals surface area contributed by atoms with Crippen LogP contribution in [0.1, 0.15) is 20.3 Å². The van der Waals surface area contributed by atoms with Crippen LogP contribution in [0.3, 0.4) is 0 Å². The highest BCUT2D eigenvalue weighted by Crippen LogP contribution is 2.30. The fraction of sp³-hybridized carbons (Fsp3) is 0.333. The molecule has 0 aliphatic carbocycles. The van der Waals surface area contributed by atoms with E-state index in [1.807, 2.05) is 30.9 Å². The number of aliphatic hydroxyl groups is 1. The molecule has 10 nitrogen and oxygen atoms in total. The maximum Gasteiger partial charge on any atom is 0.295 e. The van der Waals surface area contributed by atoms with E-state index in [1.165, 1.54) is 6.07 Å². The Morgan fingerprint density at radius 2 is 2.03 bits per heavy atom. The second kappa shape index (κ2) is 9.52. The molecule has 0 amide bonds. The van der Waals surface area contributed by atoms with Crippen LogP contribution in [0.5, 0.6) is 5.75 Å². The first-order chi connectivity index (χ1) is 16.3. The highest BCUT2D eigenvalue weighted by molar-refractivity contribution is 5.67. The molecule has 178 valence electrons. The highest BCUT2D eigenvalue weighted by atomic mass is 16.6. The zero-order valence-corrected chi connectivity index (χ0v) is 19.3. The van der Waals surface area contributed by atoms with Crippen LogP contribution >= 0.6 is 0 Å². The topological polar surface area (TPSA) is 123 Å². The van der Waals surface area contributed by atoms with E-state index < -0.39 is 16.6 Å². The molecule has 1 aliphatic heterocycles. The minimum atomic E-state index is -0.528. The van der Waals surface area contributed by atoms with Crippen LogP contribution in [0, 0.1) is 10.1 Å². The van der Waals surface area contributed by atoms with Crippen molar-refractivity contribution in [2.24, 2.45) is 0 Å². The normalized spacial score (nSPS) is 15.6. The Kier molecular flexibility index (Phi) is 6.51. The second-order valence-corrected chi connectivity index (χ2v) is 8.51. The van der Waals surface area contributed by atoms with Gasteiger partial charge in [-0.1, -0.05) is 12.1 Å². The number of hydrogen-bond acceptors (Lipinski definition) is 8. The van der Waals surface area contributed by atoms with Gasteiger partial charge in [-0.25, -0.2) is 0 Å². The zero-order chi connectivity index (χ0) is 24.4. The molecule has 4 rings (SSSR count). The van der Waals surface area contributed by atoms with Crippen molar-refractivity contribution in [2.75, 3.05) is 30.4 Å². The molecule has 1 aliphatic rings. The van der Waals surface area contributed by atoms with Crippen LogP contribution in [0.15, 0.2) is 53.3 Å². The van der Waals surface area contributed by atoms with E-state index in [0.29, 0.717) is 42.2 Å². The number of nitro groups is 1. The summed E-state index contributed by atoms with van der Waals surface area (Å²) in [5, 5.41) is 29.4. The molecule has 1 atom stereocenters. The molecular weight excluding hydrogens is 438 g/mol. The maximum atomic E-state index is 13.4. The molecule has 3 aromatic rings. The number of aliphatic hydroxyl groups excluding tert-OH is 1. The van der Waals surface area contributed by atoms with Crippen molar-refractivity contribution in [3.63, 3.8) is 0 Å². The number of hydrogen-bond donors (Lipinski definition) is 2. The molecule has 1 unspecified atom stereocenters. The zero-order valence-electron chi connectivity index (χ0n) is 19.3. The molecule has 0 radical (unpaired) electrons. The van der Waals surface area contributed by atoms with Gasteiger partial charge in [-0.3, -0.25) is 14.9 Å². The van der Waals surface area contributed by atoms with Gasteiger partial charge in [0.1, 0.15) is 17.1 Å². The Bertz CT molecular complexity index is 1270. The lowest BCUT2D eigenvalue weighted by Crippen LogP contribution is -2.28. The largest absolute Gasteiger partial charge is 0.497 e. The molecule has 2 N–H and O–H groups in total. The molecule has 1 saturated heterocycles. The SMILES string of the molecule is COc1cccc(-c2cc(NC(C)C)c(=O)n(-c3cc(N4CCC(O)C4)ccc3[N+](=O)[O-])n2)c1. The summed E-state index contributed by atoms with van der Waals surface area (Å²) in [6.45, 7) is 4.84. The standard InChI is InChI=1S/C24H27N5O5/c1-15(2)25-21-13-20(16-5-4-6-19(11-16)34-3)26-28(24(21)31)23-12-17(7-8-22(23)29(32)33)27-10-9-18(30)14-27/h4-8,11-13,15,18,25,30H,9-10,14H2,1-3H3. The van der Waals surface area contributed by atoms with Crippen molar-refractivity contribution in [2.45, 2.75) is 32.4 Å². The number of anilines is 2. The molecule has 0 saturated carbocycles. The predicted octanol–water partition coefficient (Wildman–Crippen LogP) is 3.21. The van der Waals surface area contributed by atoms with Crippen LogP contribution in [0.25, 0.3) is 16.9 Å². The number of rotatable bonds is 7. The first kappa shape index (κ1) is 23.2. The van der Waals surface area contributed by atoms with Crippen molar-refractivity contribution in [3.05, 3.63) is 69.0 Å². The lowest BCUT2D eigenvalue weighted by atomic mass is 10.1. The Hall–Kier alpha value is -3.92. The van der Waals surface area contributed by atoms with E-state index in [0.717, 1.165) is 4.68 Å². The Morgan fingerprint density at radius 1 is 1.24 bits per heavy atom. The number of nitro benzene ring substituents is 1. The lowest BCUT2D eigenvalue weighted by Gasteiger charge is -2.19. The van der Waals surface area contributed by atoms with Gasteiger partial charge in [0.25, 0.3) is 11.2 Å². The number of aromatic nitrogens is 2. The summed E-state index contributed by atoms with van der Waals surface area (Å²) in [6.07, 6.45) is 0.149. The van der Waals surface area contributed by atoms with Gasteiger partial charge in [0, 0.05) is 36.4 Å². The van der Waals surface area contributed by atoms with Crippen molar-refractivity contribution in [3.8, 4) is 22.7 Å². The number of methoxy groups -OCH3 is 1. The van der Waals surface area contributed by atoms with Crippen LogP contribution in [0.4, 0.5) is 17.1 Å². The number of ether oxygens (including phenoxy) is 1. The summed E-state index contributed by atoms with van der Waals surface area (Å²) >= 11 is 0. The monoisotopic (exact) mass is 465 g/mol. The molecule has 1 aromatic heterocycles. The molecule has 34 heavy (non-hydrogen) atoms. The van der Waals surface area contributed by atoms with Crippen molar-refractivity contribution in [1.29, 1.82) is 0 Å². The minimum absolute atomic E-state index is 0.0471. The first-order valence-electron chi connectivity index (χ1n) is 11.0. The molecular formula is C24H27N5O5. The molecule has 2 aromatic carbocycles. The van der Waals surface area contributed by atoms with Gasteiger partial charge in [0.15, 0.2) is 0 Å². The summed E-state index contributed by atoms with van der Waals surface area (Å²) in [5.74, 6) is 0.621. The molecule has 0 spiro atoms. The molecule has 0 bridgehead atoms. The number of β-amino-alcohol motifs (C(OH)–C–C–N with tert-alkyl or cyclic N) is 1. The molecule has 1 fully saturated rings. The lowest BCUT2D eigenvalue weighted by molar-refractivity contribution is -0.384. The van der Waals surface area contributed by atoms with E-state index in [1.54, 1.807) is 37.4 Å². The Labute approximate surface area is 196 Å². The fourth-order valence-electron chi connectivity index (χ4n) is 4.00. The average Bonchev–Trinajstić information content (AvgIpc) is 3.26. The van der Waals surface area contributed by atoms with Gasteiger partial charge in [-0.2, -0.15) is 9.78 Å². The van der Waals surface area contributed by atoms with E-state index in [2.05, 4.69) is 10.4 Å².